The quantitative estimate of drug-likeness (QED) is 0.705. The van der Waals surface area contributed by atoms with Gasteiger partial charge in [-0.1, -0.05) is 6.07 Å². The number of imidazole rings is 1. The van der Waals surface area contributed by atoms with E-state index in [0.717, 1.165) is 0 Å². The van der Waals surface area contributed by atoms with E-state index in [1.165, 1.54) is 24.4 Å². The molecule has 10 heteroatoms. The van der Waals surface area contributed by atoms with Gasteiger partial charge in [0.15, 0.2) is 23.8 Å². The van der Waals surface area contributed by atoms with Crippen molar-refractivity contribution in [2.24, 2.45) is 0 Å². The van der Waals surface area contributed by atoms with Gasteiger partial charge < -0.3 is 23.9 Å². The molecule has 0 saturated heterocycles. The van der Waals surface area contributed by atoms with Crippen molar-refractivity contribution >= 4 is 23.2 Å². The molecule has 0 radical (unpaired) electrons. The van der Waals surface area contributed by atoms with E-state index in [4.69, 9.17) is 4.74 Å². The van der Waals surface area contributed by atoms with E-state index in [-0.39, 0.29) is 22.9 Å². The van der Waals surface area contributed by atoms with Crippen LogP contribution in [0.15, 0.2) is 48.8 Å². The molecule has 0 aliphatic carbocycles. The van der Waals surface area contributed by atoms with Crippen molar-refractivity contribution in [3.8, 4) is 11.5 Å². The lowest BCUT2D eigenvalue weighted by molar-refractivity contribution is -0.286. The van der Waals surface area contributed by atoms with Crippen molar-refractivity contribution in [1.29, 1.82) is 0 Å². The number of esters is 1. The molecule has 1 amide bonds. The van der Waals surface area contributed by atoms with Crippen molar-refractivity contribution in [1.82, 2.24) is 9.38 Å². The Hall–Kier alpha value is -3.69. The Labute approximate surface area is 150 Å². The first-order chi connectivity index (χ1) is 12.9. The number of amides is 1. The monoisotopic (exact) mass is 375 g/mol. The Morgan fingerprint density at radius 1 is 1.19 bits per heavy atom. The molecule has 2 aromatic heterocycles. The number of hydrogen-bond donors (Lipinski definition) is 1. The van der Waals surface area contributed by atoms with E-state index in [2.05, 4.69) is 19.8 Å². The Balaban J connectivity index is 1.35. The third-order valence-corrected chi connectivity index (χ3v) is 3.59. The number of pyridine rings is 1. The molecule has 27 heavy (non-hydrogen) atoms. The van der Waals surface area contributed by atoms with E-state index in [1.807, 2.05) is 0 Å². The molecule has 3 aromatic rings. The van der Waals surface area contributed by atoms with E-state index < -0.39 is 24.8 Å². The molecule has 0 spiro atoms. The van der Waals surface area contributed by atoms with Crippen LogP contribution in [-0.2, 0) is 9.53 Å². The summed E-state index contributed by atoms with van der Waals surface area (Å²) < 4.78 is 41.1. The number of nitrogens with zero attached hydrogens (tertiary/aromatic N) is 2. The van der Waals surface area contributed by atoms with Crippen LogP contribution in [0.25, 0.3) is 5.65 Å². The highest BCUT2D eigenvalue weighted by atomic mass is 19.3. The molecule has 1 aliphatic heterocycles. The van der Waals surface area contributed by atoms with Crippen molar-refractivity contribution < 1.29 is 32.6 Å². The second-order valence-electron chi connectivity index (χ2n) is 5.55. The Morgan fingerprint density at radius 2 is 2.00 bits per heavy atom. The molecule has 4 rings (SSSR count). The van der Waals surface area contributed by atoms with Gasteiger partial charge in [-0.3, -0.25) is 4.79 Å². The van der Waals surface area contributed by atoms with Crippen LogP contribution in [0.2, 0.25) is 0 Å². The van der Waals surface area contributed by atoms with Crippen molar-refractivity contribution in [2.75, 3.05) is 11.9 Å². The van der Waals surface area contributed by atoms with Crippen LogP contribution in [0.5, 0.6) is 11.5 Å². The fraction of sp³-hybridized carbons (Fsp3) is 0.118. The normalized spacial score (nSPS) is 14.1. The summed E-state index contributed by atoms with van der Waals surface area (Å²) in [6.07, 6.45) is -0.544. The number of aromatic nitrogens is 2. The number of hydrogen-bond acceptors (Lipinski definition) is 6. The maximum absolute atomic E-state index is 13.0. The molecule has 3 heterocycles. The zero-order valence-electron chi connectivity index (χ0n) is 13.5. The fourth-order valence-corrected chi connectivity index (χ4v) is 2.46. The first kappa shape index (κ1) is 16.8. The number of fused-ring (bicyclic) bond motifs is 2. The number of ether oxygens (including phenoxy) is 3. The van der Waals surface area contributed by atoms with Crippen LogP contribution in [0, 0.1) is 0 Å². The van der Waals surface area contributed by atoms with Gasteiger partial charge in [0.25, 0.3) is 5.91 Å². The lowest BCUT2D eigenvalue weighted by Crippen LogP contribution is -2.25. The minimum absolute atomic E-state index is 0.0549. The summed E-state index contributed by atoms with van der Waals surface area (Å²) in [6, 6.07) is 9.02. The van der Waals surface area contributed by atoms with E-state index in [9.17, 15) is 18.4 Å². The van der Waals surface area contributed by atoms with Crippen LogP contribution in [-0.4, -0.2) is 34.2 Å². The summed E-state index contributed by atoms with van der Waals surface area (Å²) in [5.74, 6) is -1.77. The van der Waals surface area contributed by atoms with Crippen molar-refractivity contribution in [2.45, 2.75) is 6.29 Å². The topological polar surface area (TPSA) is 91.2 Å². The summed E-state index contributed by atoms with van der Waals surface area (Å²) in [6.45, 7) is -0.572. The predicted molar refractivity (Wildman–Crippen MR) is 86.7 cm³/mol. The van der Waals surface area contributed by atoms with Gasteiger partial charge in [0.05, 0.1) is 0 Å². The Kier molecular flexibility index (Phi) is 3.87. The molecule has 1 aliphatic rings. The van der Waals surface area contributed by atoms with Crippen LogP contribution in [0.4, 0.5) is 14.5 Å². The number of anilines is 1. The van der Waals surface area contributed by atoms with Gasteiger partial charge >= 0.3 is 12.3 Å². The smallest absolute Gasteiger partial charge is 0.451 e. The van der Waals surface area contributed by atoms with Gasteiger partial charge in [0.1, 0.15) is 5.65 Å². The van der Waals surface area contributed by atoms with Crippen molar-refractivity contribution in [3.63, 3.8) is 0 Å². The minimum atomic E-state index is -3.74. The molecule has 0 saturated carbocycles. The largest absolute Gasteiger partial charge is 0.586 e. The molecule has 0 unspecified atom stereocenters. The molecule has 0 fully saturated rings. The Bertz CT molecular complexity index is 1020. The van der Waals surface area contributed by atoms with E-state index in [1.54, 1.807) is 28.8 Å². The molecule has 1 aromatic carbocycles. The maximum atomic E-state index is 13.0. The van der Waals surface area contributed by atoms with Gasteiger partial charge in [-0.25, -0.2) is 9.78 Å². The fourth-order valence-electron chi connectivity index (χ4n) is 2.46. The van der Waals surface area contributed by atoms with Gasteiger partial charge in [0.2, 0.25) is 0 Å². The minimum Gasteiger partial charge on any atom is -0.451 e. The van der Waals surface area contributed by atoms with Crippen molar-refractivity contribution in [3.05, 3.63) is 54.5 Å². The molecular weight excluding hydrogens is 364 g/mol. The summed E-state index contributed by atoms with van der Waals surface area (Å²) >= 11 is 0. The number of benzene rings is 1. The highest BCUT2D eigenvalue weighted by Crippen LogP contribution is 2.42. The number of rotatable bonds is 4. The second kappa shape index (κ2) is 6.24. The number of alkyl halides is 2. The van der Waals surface area contributed by atoms with Crippen LogP contribution in [0.3, 0.4) is 0 Å². The summed E-state index contributed by atoms with van der Waals surface area (Å²) in [7, 11) is 0. The van der Waals surface area contributed by atoms with Gasteiger partial charge in [-0.15, -0.1) is 8.78 Å². The molecule has 1 N–H and O–H groups in total. The average Bonchev–Trinajstić information content (AvgIpc) is 3.18. The van der Waals surface area contributed by atoms with Gasteiger partial charge in [-0.05, 0) is 24.3 Å². The third-order valence-electron chi connectivity index (χ3n) is 3.59. The number of carbonyl (C=O) groups is 2. The summed E-state index contributed by atoms with van der Waals surface area (Å²) in [5, 5.41) is 2.41. The average molecular weight is 375 g/mol. The first-order valence-corrected chi connectivity index (χ1v) is 7.70. The number of nitrogens with one attached hydrogen (secondary N) is 1. The zero-order valence-corrected chi connectivity index (χ0v) is 13.5. The Morgan fingerprint density at radius 3 is 2.81 bits per heavy atom. The second-order valence-corrected chi connectivity index (χ2v) is 5.55. The zero-order chi connectivity index (χ0) is 19.0. The van der Waals surface area contributed by atoms with Gasteiger partial charge in [0, 0.05) is 24.1 Å². The lowest BCUT2D eigenvalue weighted by Gasteiger charge is -2.06. The molecule has 8 nitrogen and oxygen atoms in total. The summed E-state index contributed by atoms with van der Waals surface area (Å²) in [5.41, 5.74) is 0.800. The van der Waals surface area contributed by atoms with Crippen LogP contribution >= 0.6 is 0 Å². The maximum Gasteiger partial charge on any atom is 0.586 e. The first-order valence-electron chi connectivity index (χ1n) is 7.70. The molecule has 0 bridgehead atoms. The summed E-state index contributed by atoms with van der Waals surface area (Å²) in [4.78, 5) is 28.0. The van der Waals surface area contributed by atoms with E-state index in [0.29, 0.717) is 5.65 Å². The number of carbonyl (C=O) groups excluding carboxylic acids is 2. The number of halogens is 2. The predicted octanol–water partition coefficient (Wildman–Crippen LogP) is 2.45. The highest BCUT2D eigenvalue weighted by Gasteiger charge is 2.43. The molecule has 138 valence electrons. The van der Waals surface area contributed by atoms with E-state index >= 15 is 0 Å². The molecule has 0 atom stereocenters. The standard InChI is InChI=1S/C17H11F2N3O5/c18-17(19)26-12-5-4-10(7-13(12)27-17)20-15(23)9-25-16(24)11-8-22-6-2-1-3-14(22)21-11/h1-8H,9H2,(H,20,23). The van der Waals surface area contributed by atoms with Crippen LogP contribution in [0.1, 0.15) is 10.5 Å². The lowest BCUT2D eigenvalue weighted by atomic mass is 10.3. The SMILES string of the molecule is O=C(COC(=O)c1cn2ccccc2n1)Nc1ccc2c(c1)OC(F)(F)O2. The third kappa shape index (κ3) is 3.50. The van der Waals surface area contributed by atoms with Gasteiger partial charge in [-0.2, -0.15) is 0 Å². The van der Waals surface area contributed by atoms with Crippen LogP contribution < -0.4 is 14.8 Å². The highest BCUT2D eigenvalue weighted by molar-refractivity contribution is 5.95. The molecular formula is C17H11F2N3O5.